The van der Waals surface area contributed by atoms with Gasteiger partial charge in [-0.1, -0.05) is 12.5 Å². The minimum atomic E-state index is -0.519. The van der Waals surface area contributed by atoms with Crippen molar-refractivity contribution >= 4 is 5.69 Å². The number of nitrogens with one attached hydrogen (secondary N) is 1. The van der Waals surface area contributed by atoms with Crippen LogP contribution in [-0.4, -0.2) is 18.8 Å². The highest BCUT2D eigenvalue weighted by Crippen LogP contribution is 2.58. The molecule has 0 aliphatic heterocycles. The van der Waals surface area contributed by atoms with Crippen molar-refractivity contribution in [1.29, 1.82) is 0 Å². The molecule has 0 aromatic heterocycles. The summed E-state index contributed by atoms with van der Waals surface area (Å²) in [6, 6.07) is 4.09. The smallest absolute Gasteiger partial charge is 0.149 e. The molecule has 0 radical (unpaired) electrons. The maximum atomic E-state index is 13.7. The molecule has 1 aromatic carbocycles. The van der Waals surface area contributed by atoms with Crippen LogP contribution in [0.1, 0.15) is 32.6 Å². The number of halogens is 2. The molecule has 2 aliphatic carbocycles. The number of benzene rings is 1. The Labute approximate surface area is 112 Å². The molecule has 2 saturated carbocycles. The Morgan fingerprint density at radius 3 is 2.53 bits per heavy atom. The largest absolute Gasteiger partial charge is 0.378 e. The molecule has 0 amide bonds. The van der Waals surface area contributed by atoms with Crippen molar-refractivity contribution in [3.63, 3.8) is 0 Å². The number of para-hydroxylation sites is 1. The van der Waals surface area contributed by atoms with E-state index in [0.717, 1.165) is 19.3 Å². The molecule has 2 nitrogen and oxygen atoms in total. The van der Waals surface area contributed by atoms with Crippen molar-refractivity contribution in [3.05, 3.63) is 29.8 Å². The Hall–Kier alpha value is -1.16. The molecule has 19 heavy (non-hydrogen) atoms. The highest BCUT2D eigenvalue weighted by Gasteiger charge is 2.59. The van der Waals surface area contributed by atoms with E-state index in [2.05, 4.69) is 5.32 Å². The minimum absolute atomic E-state index is 0.00808. The van der Waals surface area contributed by atoms with Gasteiger partial charge in [-0.25, -0.2) is 8.78 Å². The third-order valence-electron chi connectivity index (χ3n) is 4.72. The first-order valence-corrected chi connectivity index (χ1v) is 6.99. The van der Waals surface area contributed by atoms with Crippen molar-refractivity contribution in [1.82, 2.24) is 0 Å². The van der Waals surface area contributed by atoms with Gasteiger partial charge in [0, 0.05) is 18.1 Å². The van der Waals surface area contributed by atoms with Crippen LogP contribution in [-0.2, 0) is 4.74 Å². The van der Waals surface area contributed by atoms with E-state index in [0.29, 0.717) is 6.61 Å². The molecule has 4 heteroatoms. The van der Waals surface area contributed by atoms with Crippen LogP contribution in [0.15, 0.2) is 18.2 Å². The van der Waals surface area contributed by atoms with Gasteiger partial charge in [-0.15, -0.1) is 0 Å². The summed E-state index contributed by atoms with van der Waals surface area (Å²) in [6.45, 7) is 2.69. The number of rotatable bonds is 4. The van der Waals surface area contributed by atoms with E-state index in [4.69, 9.17) is 4.74 Å². The highest BCUT2D eigenvalue weighted by molar-refractivity contribution is 5.48. The van der Waals surface area contributed by atoms with Crippen molar-refractivity contribution in [2.24, 2.45) is 5.41 Å². The van der Waals surface area contributed by atoms with E-state index in [9.17, 15) is 8.78 Å². The van der Waals surface area contributed by atoms with Gasteiger partial charge in [0.05, 0.1) is 6.10 Å². The summed E-state index contributed by atoms with van der Waals surface area (Å²) in [6.07, 6.45) is 4.44. The van der Waals surface area contributed by atoms with Gasteiger partial charge in [0.1, 0.15) is 17.3 Å². The molecule has 0 heterocycles. The van der Waals surface area contributed by atoms with Crippen LogP contribution in [0, 0.1) is 17.0 Å². The number of ether oxygens (including phenoxy) is 1. The maximum Gasteiger partial charge on any atom is 0.149 e. The van der Waals surface area contributed by atoms with E-state index in [-0.39, 0.29) is 23.2 Å². The molecular weight excluding hydrogens is 248 g/mol. The molecule has 3 rings (SSSR count). The topological polar surface area (TPSA) is 21.3 Å². The summed E-state index contributed by atoms with van der Waals surface area (Å²) < 4.78 is 33.0. The van der Waals surface area contributed by atoms with E-state index >= 15 is 0 Å². The van der Waals surface area contributed by atoms with Gasteiger partial charge >= 0.3 is 0 Å². The maximum absolute atomic E-state index is 13.7. The molecule has 104 valence electrons. The monoisotopic (exact) mass is 267 g/mol. The summed E-state index contributed by atoms with van der Waals surface area (Å²) in [7, 11) is 0. The average molecular weight is 267 g/mol. The van der Waals surface area contributed by atoms with Crippen LogP contribution in [0.3, 0.4) is 0 Å². The summed E-state index contributed by atoms with van der Waals surface area (Å²) in [4.78, 5) is 0. The second-order valence-corrected chi connectivity index (χ2v) is 5.56. The van der Waals surface area contributed by atoms with Gasteiger partial charge in [0.25, 0.3) is 0 Å². The molecule has 2 aliphatic rings. The Bertz CT molecular complexity index is 453. The van der Waals surface area contributed by atoms with Crippen molar-refractivity contribution < 1.29 is 13.5 Å². The lowest BCUT2D eigenvalue weighted by molar-refractivity contribution is -0.157. The van der Waals surface area contributed by atoms with Gasteiger partial charge < -0.3 is 10.1 Å². The number of hydrogen-bond donors (Lipinski definition) is 1. The first-order chi connectivity index (χ1) is 9.17. The summed E-state index contributed by atoms with van der Waals surface area (Å²) >= 11 is 0. The average Bonchev–Trinajstić information content (AvgIpc) is 2.29. The predicted molar refractivity (Wildman–Crippen MR) is 70.1 cm³/mol. The van der Waals surface area contributed by atoms with Crippen LogP contribution in [0.5, 0.6) is 0 Å². The lowest BCUT2D eigenvalue weighted by atomic mass is 9.51. The zero-order valence-corrected chi connectivity index (χ0v) is 11.1. The molecule has 1 N–H and O–H groups in total. The molecular formula is C15H19F2NO. The SMILES string of the molecule is CCOC1CC(Nc2c(F)cccc2F)C12CCC2. The third kappa shape index (κ3) is 1.93. The standard InChI is InChI=1S/C15H19F2NO/c1-2-19-13-9-12(15(13)7-4-8-15)18-14-10(16)5-3-6-11(14)17/h3,5-6,12-13,18H,2,4,7-9H2,1H3. The predicted octanol–water partition coefficient (Wildman–Crippen LogP) is 3.72. The number of anilines is 1. The zero-order chi connectivity index (χ0) is 13.5. The van der Waals surface area contributed by atoms with Crippen LogP contribution in [0.4, 0.5) is 14.5 Å². The van der Waals surface area contributed by atoms with Gasteiger partial charge in [-0.05, 0) is 38.3 Å². The van der Waals surface area contributed by atoms with Crippen LogP contribution in [0.25, 0.3) is 0 Å². The summed E-state index contributed by atoms with van der Waals surface area (Å²) in [5, 5.41) is 3.07. The van der Waals surface area contributed by atoms with Crippen LogP contribution in [0.2, 0.25) is 0 Å². The Morgan fingerprint density at radius 2 is 2.00 bits per heavy atom. The molecule has 2 unspecified atom stereocenters. The van der Waals surface area contributed by atoms with E-state index in [1.807, 2.05) is 6.92 Å². The van der Waals surface area contributed by atoms with E-state index < -0.39 is 11.6 Å². The van der Waals surface area contributed by atoms with Crippen molar-refractivity contribution in [2.75, 3.05) is 11.9 Å². The quantitative estimate of drug-likeness (QED) is 0.897. The zero-order valence-electron chi connectivity index (χ0n) is 11.1. The lowest BCUT2D eigenvalue weighted by Gasteiger charge is -2.61. The first kappa shape index (κ1) is 12.9. The Kier molecular flexibility index (Phi) is 3.21. The van der Waals surface area contributed by atoms with E-state index in [1.165, 1.54) is 24.6 Å². The highest BCUT2D eigenvalue weighted by atomic mass is 19.1. The van der Waals surface area contributed by atoms with E-state index in [1.54, 1.807) is 0 Å². The Morgan fingerprint density at radius 1 is 1.32 bits per heavy atom. The van der Waals surface area contributed by atoms with Gasteiger partial charge in [0.15, 0.2) is 0 Å². The molecule has 2 atom stereocenters. The second-order valence-electron chi connectivity index (χ2n) is 5.56. The first-order valence-electron chi connectivity index (χ1n) is 6.99. The van der Waals surface area contributed by atoms with Gasteiger partial charge in [0.2, 0.25) is 0 Å². The summed E-state index contributed by atoms with van der Waals surface area (Å²) in [5.74, 6) is -1.04. The van der Waals surface area contributed by atoms with Crippen LogP contribution >= 0.6 is 0 Å². The lowest BCUT2D eigenvalue weighted by Crippen LogP contribution is -2.64. The van der Waals surface area contributed by atoms with Crippen molar-refractivity contribution in [3.8, 4) is 0 Å². The molecule has 2 fully saturated rings. The fourth-order valence-electron chi connectivity index (χ4n) is 3.45. The molecule has 1 aromatic rings. The Balaban J connectivity index is 1.75. The third-order valence-corrected chi connectivity index (χ3v) is 4.72. The number of hydrogen-bond acceptors (Lipinski definition) is 2. The molecule has 0 bridgehead atoms. The van der Waals surface area contributed by atoms with Crippen LogP contribution < -0.4 is 5.32 Å². The fraction of sp³-hybridized carbons (Fsp3) is 0.600. The van der Waals surface area contributed by atoms with Gasteiger partial charge in [-0.3, -0.25) is 0 Å². The minimum Gasteiger partial charge on any atom is -0.378 e. The molecule has 0 saturated heterocycles. The van der Waals surface area contributed by atoms with Gasteiger partial charge in [-0.2, -0.15) is 0 Å². The second kappa shape index (κ2) is 4.75. The fourth-order valence-corrected chi connectivity index (χ4v) is 3.45. The molecule has 1 spiro atoms. The summed E-state index contributed by atoms with van der Waals surface area (Å²) in [5.41, 5.74) is 0.110. The normalized spacial score (nSPS) is 27.7. The van der Waals surface area contributed by atoms with Crippen molar-refractivity contribution in [2.45, 2.75) is 44.8 Å².